The third kappa shape index (κ3) is 5.53. The average Bonchev–Trinajstić information content (AvgIpc) is 3.16. The number of alkyl halides is 3. The minimum absolute atomic E-state index is 0.271. The van der Waals surface area contributed by atoms with Crippen LogP contribution in [0.5, 0.6) is 0 Å². The maximum Gasteiger partial charge on any atom is 0.416 e. The molecular formula is C24H26F3N3O3. The zero-order valence-electron chi connectivity index (χ0n) is 18.8. The molecule has 2 amide bonds. The first kappa shape index (κ1) is 24.3. The molecule has 1 aliphatic heterocycles. The molecule has 2 aromatic carbocycles. The molecule has 0 radical (unpaired) electrons. The second kappa shape index (κ2) is 9.25. The van der Waals surface area contributed by atoms with Crippen molar-refractivity contribution >= 4 is 17.5 Å². The minimum atomic E-state index is -4.45. The molecule has 0 aliphatic carbocycles. The summed E-state index contributed by atoms with van der Waals surface area (Å²) in [4.78, 5) is 29.8. The number of likely N-dealkylation sites (N-methyl/N-ethyl adjacent to an activating group) is 1. The molecule has 1 heterocycles. The van der Waals surface area contributed by atoms with E-state index in [0.29, 0.717) is 34.5 Å². The van der Waals surface area contributed by atoms with Gasteiger partial charge in [0.1, 0.15) is 6.04 Å². The number of nitrogens with zero attached hydrogens (tertiary/aromatic N) is 1. The molecule has 3 rings (SSSR count). The molecule has 2 aromatic rings. The van der Waals surface area contributed by atoms with E-state index >= 15 is 0 Å². The SMILES string of the molecule is CCNC(=O)C(C)NC(=O)c1ccc(C2=NOC(C)(c3cc(C)cc(C(F)(F)F)c3)C2)cc1. The number of hydrogen-bond acceptors (Lipinski definition) is 4. The second-order valence-electron chi connectivity index (χ2n) is 8.29. The number of oxime groups is 1. The molecule has 0 fully saturated rings. The molecular weight excluding hydrogens is 435 g/mol. The van der Waals surface area contributed by atoms with Gasteiger partial charge in [0.15, 0.2) is 5.60 Å². The number of amides is 2. The Morgan fingerprint density at radius 1 is 1.18 bits per heavy atom. The Morgan fingerprint density at radius 2 is 1.85 bits per heavy atom. The molecule has 6 nitrogen and oxygen atoms in total. The fraction of sp³-hybridized carbons (Fsp3) is 0.375. The van der Waals surface area contributed by atoms with Gasteiger partial charge in [-0.05, 0) is 63.1 Å². The summed E-state index contributed by atoms with van der Waals surface area (Å²) in [5, 5.41) is 9.37. The first-order valence-electron chi connectivity index (χ1n) is 10.6. The van der Waals surface area contributed by atoms with Crippen LogP contribution in [-0.2, 0) is 21.4 Å². The van der Waals surface area contributed by atoms with Gasteiger partial charge >= 0.3 is 6.18 Å². The van der Waals surface area contributed by atoms with Crippen LogP contribution in [0.1, 0.15) is 59.8 Å². The van der Waals surface area contributed by atoms with Crippen molar-refractivity contribution < 1.29 is 27.6 Å². The maximum atomic E-state index is 13.2. The first-order chi connectivity index (χ1) is 15.4. The highest BCUT2D eigenvalue weighted by Gasteiger charge is 2.39. The summed E-state index contributed by atoms with van der Waals surface area (Å²) in [5.41, 5.74) is 0.725. The average molecular weight is 461 g/mol. The van der Waals surface area contributed by atoms with E-state index in [0.717, 1.165) is 12.1 Å². The highest BCUT2D eigenvalue weighted by molar-refractivity contribution is 6.03. The topological polar surface area (TPSA) is 79.8 Å². The molecule has 176 valence electrons. The summed E-state index contributed by atoms with van der Waals surface area (Å²) in [5.74, 6) is -0.668. The lowest BCUT2D eigenvalue weighted by Crippen LogP contribution is -2.44. The number of hydrogen-bond donors (Lipinski definition) is 2. The lowest BCUT2D eigenvalue weighted by atomic mass is 9.87. The summed E-state index contributed by atoms with van der Waals surface area (Å²) in [6.45, 7) is 7.16. The standard InChI is InChI=1S/C24H26F3N3O3/c1-5-28-21(31)15(3)29-22(32)17-8-6-16(7-9-17)20-13-23(4,33-30-20)18-10-14(2)11-19(12-18)24(25,26)27/h6-12,15H,5,13H2,1-4H3,(H,28,31)(H,29,32). The van der Waals surface area contributed by atoms with E-state index in [1.54, 1.807) is 58.0 Å². The summed E-state index contributed by atoms with van der Waals surface area (Å²) < 4.78 is 39.7. The number of rotatable bonds is 6. The number of aryl methyl sites for hydroxylation is 1. The highest BCUT2D eigenvalue weighted by atomic mass is 19.4. The van der Waals surface area contributed by atoms with Crippen LogP contribution in [0.4, 0.5) is 13.2 Å². The fourth-order valence-electron chi connectivity index (χ4n) is 3.59. The summed E-state index contributed by atoms with van der Waals surface area (Å²) in [6, 6.07) is 9.75. The zero-order valence-corrected chi connectivity index (χ0v) is 18.8. The van der Waals surface area contributed by atoms with Gasteiger partial charge in [-0.15, -0.1) is 0 Å². The van der Waals surface area contributed by atoms with Gasteiger partial charge in [0, 0.05) is 18.5 Å². The van der Waals surface area contributed by atoms with Crippen molar-refractivity contribution in [2.24, 2.45) is 5.16 Å². The third-order valence-corrected chi connectivity index (χ3v) is 5.45. The van der Waals surface area contributed by atoms with E-state index in [1.807, 2.05) is 0 Å². The predicted octanol–water partition coefficient (Wildman–Crippen LogP) is 4.31. The number of nitrogens with one attached hydrogen (secondary N) is 2. The molecule has 0 saturated heterocycles. The molecule has 1 aliphatic rings. The summed E-state index contributed by atoms with van der Waals surface area (Å²) >= 11 is 0. The Hall–Kier alpha value is -3.36. The monoisotopic (exact) mass is 461 g/mol. The molecule has 33 heavy (non-hydrogen) atoms. The molecule has 2 N–H and O–H groups in total. The summed E-state index contributed by atoms with van der Waals surface area (Å²) in [7, 11) is 0. The zero-order chi connectivity index (χ0) is 24.4. The van der Waals surface area contributed by atoms with Crippen LogP contribution in [-0.4, -0.2) is 30.1 Å². The van der Waals surface area contributed by atoms with E-state index in [-0.39, 0.29) is 12.3 Å². The van der Waals surface area contributed by atoms with Crippen LogP contribution in [0, 0.1) is 6.92 Å². The van der Waals surface area contributed by atoms with Crippen molar-refractivity contribution in [1.29, 1.82) is 0 Å². The number of halogens is 3. The lowest BCUT2D eigenvalue weighted by molar-refractivity contribution is -0.137. The number of benzene rings is 2. The Balaban J connectivity index is 1.72. The van der Waals surface area contributed by atoms with Crippen molar-refractivity contribution in [2.75, 3.05) is 6.54 Å². The third-order valence-electron chi connectivity index (χ3n) is 5.45. The second-order valence-corrected chi connectivity index (χ2v) is 8.29. The van der Waals surface area contributed by atoms with Gasteiger partial charge in [0.25, 0.3) is 5.91 Å². The van der Waals surface area contributed by atoms with Crippen molar-refractivity contribution in [1.82, 2.24) is 10.6 Å². The molecule has 2 unspecified atom stereocenters. The van der Waals surface area contributed by atoms with Crippen LogP contribution in [0.2, 0.25) is 0 Å². The Kier molecular flexibility index (Phi) is 6.81. The lowest BCUT2D eigenvalue weighted by Gasteiger charge is -2.23. The predicted molar refractivity (Wildman–Crippen MR) is 118 cm³/mol. The van der Waals surface area contributed by atoms with Gasteiger partial charge in [0.2, 0.25) is 5.91 Å². The van der Waals surface area contributed by atoms with Gasteiger partial charge in [0.05, 0.1) is 11.3 Å². The normalized spacial score (nSPS) is 18.8. The van der Waals surface area contributed by atoms with Crippen LogP contribution >= 0.6 is 0 Å². The van der Waals surface area contributed by atoms with E-state index in [1.165, 1.54) is 0 Å². The van der Waals surface area contributed by atoms with Crippen molar-refractivity contribution in [2.45, 2.75) is 51.9 Å². The number of carbonyl (C=O) groups is 2. The van der Waals surface area contributed by atoms with E-state index in [2.05, 4.69) is 15.8 Å². The van der Waals surface area contributed by atoms with Gasteiger partial charge in [-0.1, -0.05) is 28.9 Å². The largest absolute Gasteiger partial charge is 0.416 e. The van der Waals surface area contributed by atoms with Gasteiger partial charge in [-0.25, -0.2) is 0 Å². The van der Waals surface area contributed by atoms with E-state index in [9.17, 15) is 22.8 Å². The molecule has 9 heteroatoms. The van der Waals surface area contributed by atoms with Gasteiger partial charge in [-0.2, -0.15) is 13.2 Å². The quantitative estimate of drug-likeness (QED) is 0.673. The van der Waals surface area contributed by atoms with Crippen LogP contribution < -0.4 is 10.6 Å². The molecule has 0 bridgehead atoms. The van der Waals surface area contributed by atoms with E-state index in [4.69, 9.17) is 4.84 Å². The minimum Gasteiger partial charge on any atom is -0.384 e. The molecule has 2 atom stereocenters. The van der Waals surface area contributed by atoms with Gasteiger partial charge in [-0.3, -0.25) is 9.59 Å². The molecule has 0 aromatic heterocycles. The van der Waals surface area contributed by atoms with E-state index < -0.39 is 29.3 Å². The number of carbonyl (C=O) groups excluding carboxylic acids is 2. The smallest absolute Gasteiger partial charge is 0.384 e. The van der Waals surface area contributed by atoms with Crippen LogP contribution in [0.3, 0.4) is 0 Å². The van der Waals surface area contributed by atoms with Crippen LogP contribution in [0.25, 0.3) is 0 Å². The van der Waals surface area contributed by atoms with Crippen LogP contribution in [0.15, 0.2) is 47.6 Å². The van der Waals surface area contributed by atoms with Crippen molar-refractivity contribution in [3.8, 4) is 0 Å². The maximum absolute atomic E-state index is 13.2. The fourth-order valence-corrected chi connectivity index (χ4v) is 3.59. The van der Waals surface area contributed by atoms with Gasteiger partial charge < -0.3 is 15.5 Å². The Bertz CT molecular complexity index is 1080. The first-order valence-corrected chi connectivity index (χ1v) is 10.6. The Morgan fingerprint density at radius 3 is 2.45 bits per heavy atom. The highest BCUT2D eigenvalue weighted by Crippen LogP contribution is 2.39. The van der Waals surface area contributed by atoms with Crippen molar-refractivity contribution in [3.05, 3.63) is 70.3 Å². The molecule has 0 spiro atoms. The Labute approximate surface area is 190 Å². The van der Waals surface area contributed by atoms with Crippen molar-refractivity contribution in [3.63, 3.8) is 0 Å². The molecule has 0 saturated carbocycles. The summed E-state index contributed by atoms with van der Waals surface area (Å²) in [6.07, 6.45) is -4.18.